The maximum atomic E-state index is 12.1. The van der Waals surface area contributed by atoms with E-state index in [2.05, 4.69) is 0 Å². The zero-order chi connectivity index (χ0) is 20.6. The molecule has 0 radical (unpaired) electrons. The van der Waals surface area contributed by atoms with Crippen molar-refractivity contribution in [2.24, 2.45) is 11.8 Å². The molecule has 160 valence electrons. The third-order valence-electron chi connectivity index (χ3n) is 5.41. The minimum absolute atomic E-state index is 0.105. The molecule has 0 bridgehead atoms. The van der Waals surface area contributed by atoms with Crippen LogP contribution in [0.5, 0.6) is 0 Å². The van der Waals surface area contributed by atoms with E-state index in [1.807, 2.05) is 0 Å². The topological polar surface area (TPSA) is 164 Å². The average molecular weight is 406 g/mol. The minimum atomic E-state index is -1.60. The number of aliphatic hydroxyl groups excluding tert-OH is 5. The van der Waals surface area contributed by atoms with Crippen LogP contribution in [0.2, 0.25) is 0 Å². The molecule has 0 aromatic heterocycles. The Morgan fingerprint density at radius 2 is 1.86 bits per heavy atom. The summed E-state index contributed by atoms with van der Waals surface area (Å²) in [5.74, 6) is -1.67. The highest BCUT2D eigenvalue weighted by Gasteiger charge is 2.51. The number of carbonyl (C=O) groups excluding carboxylic acids is 1. The highest BCUT2D eigenvalue weighted by atomic mass is 16.8. The van der Waals surface area contributed by atoms with Gasteiger partial charge in [-0.25, -0.2) is 4.79 Å². The SMILES string of the molecule is COC(=O)C1=CO[C@H](O[C@@H]2O[C@H](CO)[C@@H](O)[C@H](O)[C@H]2O)[C@@H]2[C@H](C)O[C@@H](O)C[C@@H]12. The summed E-state index contributed by atoms with van der Waals surface area (Å²) >= 11 is 0. The lowest BCUT2D eigenvalue weighted by Gasteiger charge is -2.47. The van der Waals surface area contributed by atoms with Crippen molar-refractivity contribution < 1.29 is 54.0 Å². The van der Waals surface area contributed by atoms with Gasteiger partial charge in [-0.3, -0.25) is 0 Å². The summed E-state index contributed by atoms with van der Waals surface area (Å²) in [4.78, 5) is 12.1. The fourth-order valence-electron chi connectivity index (χ4n) is 3.91. The molecule has 5 N–H and O–H groups in total. The second kappa shape index (κ2) is 8.59. The lowest BCUT2D eigenvalue weighted by Crippen LogP contribution is -2.61. The Morgan fingerprint density at radius 1 is 1.14 bits per heavy atom. The molecule has 3 aliphatic rings. The van der Waals surface area contributed by atoms with Crippen molar-refractivity contribution in [2.45, 2.75) is 62.7 Å². The molecule has 3 heterocycles. The normalized spacial score (nSPS) is 46.2. The molecule has 28 heavy (non-hydrogen) atoms. The third kappa shape index (κ3) is 3.89. The lowest BCUT2D eigenvalue weighted by atomic mass is 9.77. The van der Waals surface area contributed by atoms with Crippen molar-refractivity contribution in [1.29, 1.82) is 0 Å². The summed E-state index contributed by atoms with van der Waals surface area (Å²) < 4.78 is 26.8. The number of ether oxygens (including phenoxy) is 5. The van der Waals surface area contributed by atoms with E-state index in [0.717, 1.165) is 0 Å². The number of methoxy groups -OCH3 is 1. The third-order valence-corrected chi connectivity index (χ3v) is 5.41. The van der Waals surface area contributed by atoms with Gasteiger partial charge in [0.25, 0.3) is 0 Å². The number of hydrogen-bond acceptors (Lipinski definition) is 11. The number of esters is 1. The van der Waals surface area contributed by atoms with Crippen LogP contribution < -0.4 is 0 Å². The molecule has 3 rings (SSSR count). The first-order valence-electron chi connectivity index (χ1n) is 9.01. The van der Waals surface area contributed by atoms with Crippen LogP contribution in [0, 0.1) is 11.8 Å². The Labute approximate surface area is 161 Å². The van der Waals surface area contributed by atoms with Gasteiger partial charge in [-0.1, -0.05) is 0 Å². The molecule has 3 aliphatic heterocycles. The number of hydrogen-bond donors (Lipinski definition) is 5. The molecule has 0 aromatic rings. The molecule has 0 spiro atoms. The molecule has 0 aliphatic carbocycles. The van der Waals surface area contributed by atoms with Crippen molar-refractivity contribution >= 4 is 5.97 Å². The molecular formula is C17H26O11. The minimum Gasteiger partial charge on any atom is -0.471 e. The monoisotopic (exact) mass is 406 g/mol. The van der Waals surface area contributed by atoms with Crippen LogP contribution in [0.3, 0.4) is 0 Å². The summed E-state index contributed by atoms with van der Waals surface area (Å²) in [6.07, 6.45) is -8.71. The van der Waals surface area contributed by atoms with E-state index in [-0.39, 0.29) is 12.0 Å². The standard InChI is InChI=1S/C17H26O11/c1-6-11-7(3-10(19)26-6)8(15(23)24-2)5-25-16(11)28-17-14(22)13(21)12(20)9(4-18)27-17/h5-7,9-14,16-22H,3-4H2,1-2H3/t6-,7-,9+,10+,11+,12+,13-,14+,16+,17-/m0/s1. The van der Waals surface area contributed by atoms with Crippen LogP contribution >= 0.6 is 0 Å². The Kier molecular flexibility index (Phi) is 6.57. The molecule has 11 heteroatoms. The maximum absolute atomic E-state index is 12.1. The van der Waals surface area contributed by atoms with Crippen molar-refractivity contribution in [3.05, 3.63) is 11.8 Å². The molecule has 2 saturated heterocycles. The summed E-state index contributed by atoms with van der Waals surface area (Å²) in [5, 5.41) is 49.2. The Bertz CT molecular complexity index is 594. The van der Waals surface area contributed by atoms with Crippen molar-refractivity contribution in [3.8, 4) is 0 Å². The molecule has 0 unspecified atom stereocenters. The number of fused-ring (bicyclic) bond motifs is 1. The van der Waals surface area contributed by atoms with Gasteiger partial charge in [-0.05, 0) is 6.92 Å². The van der Waals surface area contributed by atoms with Crippen LogP contribution in [0.1, 0.15) is 13.3 Å². The predicted molar refractivity (Wildman–Crippen MR) is 88.0 cm³/mol. The van der Waals surface area contributed by atoms with Crippen LogP contribution in [-0.2, 0) is 28.5 Å². The fraction of sp³-hybridized carbons (Fsp3) is 0.824. The van der Waals surface area contributed by atoms with Gasteiger partial charge >= 0.3 is 5.97 Å². The van der Waals surface area contributed by atoms with E-state index in [9.17, 15) is 30.3 Å². The van der Waals surface area contributed by atoms with Crippen molar-refractivity contribution in [1.82, 2.24) is 0 Å². The van der Waals surface area contributed by atoms with Gasteiger partial charge in [0.15, 0.2) is 12.6 Å². The van der Waals surface area contributed by atoms with Gasteiger partial charge in [0.05, 0.1) is 37.6 Å². The summed E-state index contributed by atoms with van der Waals surface area (Å²) in [5.41, 5.74) is 0.218. The fourth-order valence-corrected chi connectivity index (χ4v) is 3.91. The van der Waals surface area contributed by atoms with Gasteiger partial charge in [0.2, 0.25) is 6.29 Å². The molecule has 0 saturated carbocycles. The van der Waals surface area contributed by atoms with Gasteiger partial charge < -0.3 is 49.2 Å². The Balaban J connectivity index is 1.81. The number of carbonyl (C=O) groups is 1. The smallest absolute Gasteiger partial charge is 0.337 e. The average Bonchev–Trinajstić information content (AvgIpc) is 2.67. The molecule has 0 aromatic carbocycles. The first-order valence-corrected chi connectivity index (χ1v) is 9.01. The second-order valence-electron chi connectivity index (χ2n) is 7.12. The van der Waals surface area contributed by atoms with Gasteiger partial charge in [0.1, 0.15) is 24.4 Å². The van der Waals surface area contributed by atoms with Crippen LogP contribution in [-0.4, -0.2) is 94.6 Å². The predicted octanol–water partition coefficient (Wildman–Crippen LogP) is -2.42. The molecule has 11 nitrogen and oxygen atoms in total. The van der Waals surface area contributed by atoms with E-state index in [1.165, 1.54) is 13.4 Å². The first-order chi connectivity index (χ1) is 13.3. The number of aliphatic hydroxyl groups is 5. The molecule has 2 fully saturated rings. The van der Waals surface area contributed by atoms with Gasteiger partial charge in [0, 0.05) is 12.3 Å². The van der Waals surface area contributed by atoms with E-state index in [4.69, 9.17) is 23.7 Å². The highest BCUT2D eigenvalue weighted by molar-refractivity contribution is 5.88. The summed E-state index contributed by atoms with van der Waals surface area (Å²) in [7, 11) is 1.23. The molecule has 10 atom stereocenters. The highest BCUT2D eigenvalue weighted by Crippen LogP contribution is 2.42. The van der Waals surface area contributed by atoms with Crippen LogP contribution in [0.25, 0.3) is 0 Å². The number of rotatable bonds is 4. The van der Waals surface area contributed by atoms with E-state index >= 15 is 0 Å². The largest absolute Gasteiger partial charge is 0.471 e. The maximum Gasteiger partial charge on any atom is 0.337 e. The second-order valence-corrected chi connectivity index (χ2v) is 7.12. The van der Waals surface area contributed by atoms with Gasteiger partial charge in [-0.2, -0.15) is 0 Å². The summed E-state index contributed by atoms with van der Waals surface area (Å²) in [6.45, 7) is 1.08. The van der Waals surface area contributed by atoms with E-state index in [0.29, 0.717) is 0 Å². The quantitative estimate of drug-likeness (QED) is 0.315. The summed E-state index contributed by atoms with van der Waals surface area (Å²) in [6, 6.07) is 0. The lowest BCUT2D eigenvalue weighted by molar-refractivity contribution is -0.352. The zero-order valence-corrected chi connectivity index (χ0v) is 15.5. The van der Waals surface area contributed by atoms with Crippen molar-refractivity contribution in [2.75, 3.05) is 13.7 Å². The molecule has 0 amide bonds. The molecular weight excluding hydrogens is 380 g/mol. The van der Waals surface area contributed by atoms with E-state index in [1.54, 1.807) is 6.92 Å². The van der Waals surface area contributed by atoms with Gasteiger partial charge in [-0.15, -0.1) is 0 Å². The van der Waals surface area contributed by atoms with E-state index < -0.39 is 73.8 Å². The van der Waals surface area contributed by atoms with Crippen molar-refractivity contribution in [3.63, 3.8) is 0 Å². The van der Waals surface area contributed by atoms with Crippen LogP contribution in [0.4, 0.5) is 0 Å². The Hall–Kier alpha value is -1.31. The first kappa shape index (κ1) is 21.4. The Morgan fingerprint density at radius 3 is 2.50 bits per heavy atom. The zero-order valence-electron chi connectivity index (χ0n) is 15.5. The van der Waals surface area contributed by atoms with Crippen LogP contribution in [0.15, 0.2) is 11.8 Å².